The number of aromatic nitrogens is 1. The Bertz CT molecular complexity index is 616. The van der Waals surface area contributed by atoms with Crippen LogP contribution in [0.1, 0.15) is 35.7 Å². The van der Waals surface area contributed by atoms with Gasteiger partial charge in [-0.3, -0.25) is 0 Å². The minimum Gasteiger partial charge on any atom is -0.324 e. The molecule has 3 nitrogen and oxygen atoms in total. The van der Waals surface area contributed by atoms with Crippen molar-refractivity contribution in [2.45, 2.75) is 31.7 Å². The van der Waals surface area contributed by atoms with E-state index in [-0.39, 0.29) is 6.04 Å². The minimum atomic E-state index is 0.183. The van der Waals surface area contributed by atoms with E-state index in [1.807, 2.05) is 12.1 Å². The van der Waals surface area contributed by atoms with Crippen LogP contribution in [0.25, 0.3) is 5.69 Å². The molecular formula is C16H17N3. The van der Waals surface area contributed by atoms with Gasteiger partial charge in [0.1, 0.15) is 0 Å². The lowest BCUT2D eigenvalue weighted by molar-refractivity contribution is 0.560. The summed E-state index contributed by atoms with van der Waals surface area (Å²) >= 11 is 0. The van der Waals surface area contributed by atoms with Gasteiger partial charge in [-0.25, -0.2) is 0 Å². The van der Waals surface area contributed by atoms with Crippen LogP contribution in [0.4, 0.5) is 0 Å². The number of benzene rings is 1. The number of hydrogen-bond acceptors (Lipinski definition) is 2. The van der Waals surface area contributed by atoms with Gasteiger partial charge in [-0.15, -0.1) is 0 Å². The Kier molecular flexibility index (Phi) is 3.10. The molecule has 0 amide bonds. The topological polar surface area (TPSA) is 54.7 Å². The van der Waals surface area contributed by atoms with Crippen LogP contribution in [0.2, 0.25) is 0 Å². The molecule has 0 aliphatic heterocycles. The van der Waals surface area contributed by atoms with E-state index in [9.17, 15) is 0 Å². The highest BCUT2D eigenvalue weighted by Crippen LogP contribution is 2.30. The van der Waals surface area contributed by atoms with E-state index in [2.05, 4.69) is 35.0 Å². The Morgan fingerprint density at radius 1 is 1.26 bits per heavy atom. The van der Waals surface area contributed by atoms with Gasteiger partial charge in [0.05, 0.1) is 12.5 Å². The van der Waals surface area contributed by atoms with E-state index in [1.165, 1.54) is 11.3 Å². The van der Waals surface area contributed by atoms with Crippen LogP contribution in [0, 0.1) is 11.3 Å². The number of nitriles is 1. The largest absolute Gasteiger partial charge is 0.324 e. The fourth-order valence-corrected chi connectivity index (χ4v) is 2.83. The zero-order chi connectivity index (χ0) is 13.2. The molecule has 2 N–H and O–H groups in total. The van der Waals surface area contributed by atoms with Crippen molar-refractivity contribution in [3.63, 3.8) is 0 Å². The molecule has 0 bridgehead atoms. The predicted octanol–water partition coefficient (Wildman–Crippen LogP) is 2.88. The van der Waals surface area contributed by atoms with Crippen molar-refractivity contribution in [2.75, 3.05) is 0 Å². The quantitative estimate of drug-likeness (QED) is 0.892. The van der Waals surface area contributed by atoms with Crippen molar-refractivity contribution in [3.8, 4) is 11.8 Å². The van der Waals surface area contributed by atoms with E-state index in [4.69, 9.17) is 11.0 Å². The molecule has 2 aromatic rings. The van der Waals surface area contributed by atoms with Crippen molar-refractivity contribution >= 4 is 0 Å². The molecule has 1 atom stereocenters. The Balaban J connectivity index is 1.96. The molecule has 1 heterocycles. The number of rotatable bonds is 2. The Morgan fingerprint density at radius 2 is 2.05 bits per heavy atom. The summed E-state index contributed by atoms with van der Waals surface area (Å²) < 4.78 is 2.23. The molecule has 19 heavy (non-hydrogen) atoms. The molecule has 3 rings (SSSR count). The van der Waals surface area contributed by atoms with Crippen LogP contribution < -0.4 is 5.73 Å². The average molecular weight is 251 g/mol. The van der Waals surface area contributed by atoms with E-state index >= 15 is 0 Å². The van der Waals surface area contributed by atoms with Gasteiger partial charge in [-0.2, -0.15) is 5.26 Å². The molecule has 0 fully saturated rings. The molecule has 1 unspecified atom stereocenters. The number of nitrogens with two attached hydrogens (primary N) is 1. The third-order valence-corrected chi connectivity index (χ3v) is 3.85. The second-order valence-corrected chi connectivity index (χ2v) is 5.09. The normalized spacial score (nSPS) is 17.8. The zero-order valence-corrected chi connectivity index (χ0v) is 10.8. The molecule has 0 saturated heterocycles. The molecule has 96 valence electrons. The highest BCUT2D eigenvalue weighted by atomic mass is 15.0. The van der Waals surface area contributed by atoms with E-state index < -0.39 is 0 Å². The first kappa shape index (κ1) is 12.0. The second kappa shape index (κ2) is 4.91. The minimum absolute atomic E-state index is 0.183. The Labute approximate surface area is 113 Å². The highest BCUT2D eigenvalue weighted by molar-refractivity contribution is 5.41. The second-order valence-electron chi connectivity index (χ2n) is 5.09. The van der Waals surface area contributed by atoms with Gasteiger partial charge < -0.3 is 10.3 Å². The smallest absolute Gasteiger partial charge is 0.0669 e. The summed E-state index contributed by atoms with van der Waals surface area (Å²) in [5.41, 5.74) is 11.0. The van der Waals surface area contributed by atoms with E-state index in [0.29, 0.717) is 6.42 Å². The molecule has 0 radical (unpaired) electrons. The number of nitrogens with zero attached hydrogens (tertiary/aromatic N) is 2. The van der Waals surface area contributed by atoms with Crippen molar-refractivity contribution < 1.29 is 0 Å². The predicted molar refractivity (Wildman–Crippen MR) is 75.0 cm³/mol. The first-order chi connectivity index (χ1) is 9.29. The zero-order valence-electron chi connectivity index (χ0n) is 10.8. The first-order valence-corrected chi connectivity index (χ1v) is 6.71. The third kappa shape index (κ3) is 2.16. The molecular weight excluding hydrogens is 234 g/mol. The van der Waals surface area contributed by atoms with E-state index in [0.717, 1.165) is 30.5 Å². The summed E-state index contributed by atoms with van der Waals surface area (Å²) in [6.07, 6.45) is 5.91. The number of hydrogen-bond donors (Lipinski definition) is 1. The summed E-state index contributed by atoms with van der Waals surface area (Å²) in [6, 6.07) is 12.7. The Morgan fingerprint density at radius 3 is 2.79 bits per heavy atom. The van der Waals surface area contributed by atoms with Gasteiger partial charge in [0.25, 0.3) is 0 Å². The van der Waals surface area contributed by atoms with Gasteiger partial charge in [-0.05, 0) is 48.6 Å². The summed E-state index contributed by atoms with van der Waals surface area (Å²) in [7, 11) is 0. The van der Waals surface area contributed by atoms with Crippen LogP contribution in [0.3, 0.4) is 0 Å². The average Bonchev–Trinajstić information content (AvgIpc) is 2.85. The van der Waals surface area contributed by atoms with Crippen LogP contribution in [0.5, 0.6) is 0 Å². The molecule has 3 heteroatoms. The summed E-state index contributed by atoms with van der Waals surface area (Å²) in [6.45, 7) is 0. The van der Waals surface area contributed by atoms with Gasteiger partial charge in [0.15, 0.2) is 0 Å². The monoisotopic (exact) mass is 251 g/mol. The Hall–Kier alpha value is -2.05. The molecule has 0 saturated carbocycles. The van der Waals surface area contributed by atoms with E-state index in [1.54, 1.807) is 0 Å². The molecule has 0 spiro atoms. The maximum absolute atomic E-state index is 8.69. The lowest BCUT2D eigenvalue weighted by atomic mass is 9.93. The SMILES string of the molecule is N#CCc1ccc(-n2ccc3c2CCCC3N)cc1. The molecule has 1 aromatic carbocycles. The maximum Gasteiger partial charge on any atom is 0.0669 e. The lowest BCUT2D eigenvalue weighted by Gasteiger charge is -2.21. The van der Waals surface area contributed by atoms with Crippen molar-refractivity contribution in [3.05, 3.63) is 53.3 Å². The van der Waals surface area contributed by atoms with Crippen molar-refractivity contribution in [1.82, 2.24) is 4.57 Å². The highest BCUT2D eigenvalue weighted by Gasteiger charge is 2.20. The van der Waals surface area contributed by atoms with Gasteiger partial charge in [0.2, 0.25) is 0 Å². The summed E-state index contributed by atoms with van der Waals surface area (Å²) in [5, 5.41) is 8.69. The van der Waals surface area contributed by atoms with Crippen LogP contribution in [0.15, 0.2) is 36.5 Å². The fraction of sp³-hybridized carbons (Fsp3) is 0.312. The summed E-state index contributed by atoms with van der Waals surface area (Å²) in [5.74, 6) is 0. The van der Waals surface area contributed by atoms with Crippen molar-refractivity contribution in [2.24, 2.45) is 5.73 Å². The van der Waals surface area contributed by atoms with Crippen molar-refractivity contribution in [1.29, 1.82) is 5.26 Å². The van der Waals surface area contributed by atoms with Crippen LogP contribution in [-0.4, -0.2) is 4.57 Å². The third-order valence-electron chi connectivity index (χ3n) is 3.85. The van der Waals surface area contributed by atoms with Gasteiger partial charge in [0, 0.05) is 23.6 Å². The first-order valence-electron chi connectivity index (χ1n) is 6.71. The summed E-state index contributed by atoms with van der Waals surface area (Å²) in [4.78, 5) is 0. The van der Waals surface area contributed by atoms with Crippen LogP contribution >= 0.6 is 0 Å². The van der Waals surface area contributed by atoms with Crippen LogP contribution in [-0.2, 0) is 12.8 Å². The van der Waals surface area contributed by atoms with Gasteiger partial charge in [-0.1, -0.05) is 12.1 Å². The standard InChI is InChI=1S/C16H17N3/c17-10-8-12-4-6-13(7-5-12)19-11-9-14-15(18)2-1-3-16(14)19/h4-7,9,11,15H,1-3,8,18H2. The molecule has 1 aliphatic rings. The lowest BCUT2D eigenvalue weighted by Crippen LogP contribution is -2.17. The molecule has 1 aromatic heterocycles. The number of fused-ring (bicyclic) bond motifs is 1. The molecule has 1 aliphatic carbocycles. The van der Waals surface area contributed by atoms with Gasteiger partial charge >= 0.3 is 0 Å². The maximum atomic E-state index is 8.69. The fourth-order valence-electron chi connectivity index (χ4n) is 2.83.